The van der Waals surface area contributed by atoms with E-state index >= 15 is 0 Å². The van der Waals surface area contributed by atoms with Crippen LogP contribution >= 0.6 is 11.3 Å². The number of carbonyl (C=O) groups excluding carboxylic acids is 1. The van der Waals surface area contributed by atoms with Gasteiger partial charge in [0.1, 0.15) is 5.56 Å². The number of fused-ring (bicyclic) bond motifs is 2. The van der Waals surface area contributed by atoms with Gasteiger partial charge in [0.2, 0.25) is 5.91 Å². The fraction of sp³-hybridized carbons (Fsp3) is 0.263. The minimum atomic E-state index is -1.22. The molecule has 4 rings (SSSR count). The van der Waals surface area contributed by atoms with Crippen LogP contribution in [0.2, 0.25) is 0 Å². The van der Waals surface area contributed by atoms with Crippen molar-refractivity contribution in [3.05, 3.63) is 62.5 Å². The molecule has 1 N–H and O–H groups in total. The quantitative estimate of drug-likeness (QED) is 0.748. The maximum Gasteiger partial charge on any atom is 0.341 e. The van der Waals surface area contributed by atoms with Crippen LogP contribution in [0.3, 0.4) is 0 Å². The third-order valence-corrected chi connectivity index (χ3v) is 5.82. The Morgan fingerprint density at radius 3 is 2.89 bits per heavy atom. The lowest BCUT2D eigenvalue weighted by atomic mass is 9.96. The number of carboxylic acids is 1. The highest BCUT2D eigenvalue weighted by atomic mass is 32.1. The summed E-state index contributed by atoms with van der Waals surface area (Å²) in [6.07, 6.45) is 2.07. The summed E-state index contributed by atoms with van der Waals surface area (Å²) in [6.45, 7) is 2.48. The number of aromatic nitrogens is 2. The molecule has 1 aliphatic heterocycles. The van der Waals surface area contributed by atoms with Crippen molar-refractivity contribution in [2.24, 2.45) is 0 Å². The smallest absolute Gasteiger partial charge is 0.341 e. The maximum atomic E-state index is 12.9. The molecule has 7 nitrogen and oxygen atoms in total. The summed E-state index contributed by atoms with van der Waals surface area (Å²) in [5.41, 5.74) is 4.06. The van der Waals surface area contributed by atoms with Gasteiger partial charge in [-0.3, -0.25) is 9.59 Å². The highest BCUT2D eigenvalue weighted by Gasteiger charge is 2.27. The van der Waals surface area contributed by atoms with E-state index < -0.39 is 11.5 Å². The number of aromatic carboxylic acids is 1. The van der Waals surface area contributed by atoms with Crippen molar-refractivity contribution < 1.29 is 14.7 Å². The Balaban J connectivity index is 1.84. The summed E-state index contributed by atoms with van der Waals surface area (Å²) in [5.74, 6) is -1.29. The number of hydrogen-bond donors (Lipinski definition) is 1. The zero-order valence-corrected chi connectivity index (χ0v) is 15.5. The van der Waals surface area contributed by atoms with Gasteiger partial charge in [-0.15, -0.1) is 11.3 Å². The number of benzene rings is 1. The van der Waals surface area contributed by atoms with Crippen molar-refractivity contribution >= 4 is 33.4 Å². The first-order valence-electron chi connectivity index (χ1n) is 8.51. The molecule has 0 atom stereocenters. The van der Waals surface area contributed by atoms with Crippen LogP contribution in [-0.4, -0.2) is 38.0 Å². The fourth-order valence-electron chi connectivity index (χ4n) is 3.57. The fourth-order valence-corrected chi connectivity index (χ4v) is 4.37. The van der Waals surface area contributed by atoms with Gasteiger partial charge in [0, 0.05) is 26.2 Å². The van der Waals surface area contributed by atoms with E-state index in [-0.39, 0.29) is 18.0 Å². The summed E-state index contributed by atoms with van der Waals surface area (Å²) in [7, 11) is 0. The van der Waals surface area contributed by atoms with E-state index in [1.165, 1.54) is 22.8 Å². The second-order valence-corrected chi connectivity index (χ2v) is 7.41. The van der Waals surface area contributed by atoms with Crippen LogP contribution in [0, 0.1) is 0 Å². The van der Waals surface area contributed by atoms with Crippen LogP contribution in [0.1, 0.15) is 34.0 Å². The third-order valence-electron chi connectivity index (χ3n) is 4.91. The molecule has 138 valence electrons. The SMILES string of the molecule is CC(=O)N1CCc2c(cn(Cc3cccc4ncsc34)c(=O)c2C(=O)O)C1. The Hall–Kier alpha value is -3.00. The van der Waals surface area contributed by atoms with Gasteiger partial charge in [-0.1, -0.05) is 12.1 Å². The van der Waals surface area contributed by atoms with Crippen LogP contribution in [-0.2, 0) is 24.3 Å². The first-order chi connectivity index (χ1) is 13.0. The molecule has 0 bridgehead atoms. The average Bonchev–Trinajstić information content (AvgIpc) is 3.11. The predicted octanol–water partition coefficient (Wildman–Crippen LogP) is 2.11. The van der Waals surface area contributed by atoms with Crippen molar-refractivity contribution in [3.8, 4) is 0 Å². The van der Waals surface area contributed by atoms with Crippen molar-refractivity contribution in [3.63, 3.8) is 0 Å². The van der Waals surface area contributed by atoms with Crippen molar-refractivity contribution in [2.75, 3.05) is 6.54 Å². The van der Waals surface area contributed by atoms with E-state index in [9.17, 15) is 19.5 Å². The van der Waals surface area contributed by atoms with E-state index in [4.69, 9.17) is 0 Å². The minimum Gasteiger partial charge on any atom is -0.477 e. The predicted molar refractivity (Wildman–Crippen MR) is 101 cm³/mol. The lowest BCUT2D eigenvalue weighted by molar-refractivity contribution is -0.129. The molecular formula is C19H17N3O4S. The monoisotopic (exact) mass is 383 g/mol. The summed E-state index contributed by atoms with van der Waals surface area (Å²) in [5, 5.41) is 9.62. The number of carboxylic acid groups (broad SMARTS) is 1. The number of nitrogens with zero attached hydrogens (tertiary/aromatic N) is 3. The molecule has 0 spiro atoms. The number of amides is 1. The zero-order valence-electron chi connectivity index (χ0n) is 14.6. The molecule has 0 saturated carbocycles. The summed E-state index contributed by atoms with van der Waals surface area (Å²) < 4.78 is 2.41. The molecule has 3 aromatic rings. The van der Waals surface area contributed by atoms with Crippen molar-refractivity contribution in [2.45, 2.75) is 26.4 Å². The third kappa shape index (κ3) is 3.02. The first kappa shape index (κ1) is 17.4. The molecule has 0 radical (unpaired) electrons. The molecule has 1 amide bonds. The molecule has 0 saturated heterocycles. The molecule has 1 aliphatic rings. The van der Waals surface area contributed by atoms with Crippen LogP contribution in [0.15, 0.2) is 34.7 Å². The average molecular weight is 383 g/mol. The number of pyridine rings is 1. The highest BCUT2D eigenvalue weighted by molar-refractivity contribution is 7.16. The van der Waals surface area contributed by atoms with Gasteiger partial charge in [-0.25, -0.2) is 9.78 Å². The Bertz CT molecular complexity index is 1130. The van der Waals surface area contributed by atoms with E-state index in [0.29, 0.717) is 30.6 Å². The number of rotatable bonds is 3. The first-order valence-corrected chi connectivity index (χ1v) is 9.38. The normalized spacial score (nSPS) is 13.6. The van der Waals surface area contributed by atoms with E-state index in [0.717, 1.165) is 15.8 Å². The van der Waals surface area contributed by atoms with Gasteiger partial charge in [-0.2, -0.15) is 0 Å². The molecule has 8 heteroatoms. The maximum absolute atomic E-state index is 12.9. The summed E-state index contributed by atoms with van der Waals surface area (Å²) in [4.78, 5) is 42.3. The zero-order chi connectivity index (χ0) is 19.1. The molecule has 1 aromatic carbocycles. The van der Waals surface area contributed by atoms with Crippen LogP contribution in [0.5, 0.6) is 0 Å². The molecule has 0 unspecified atom stereocenters. The largest absolute Gasteiger partial charge is 0.477 e. The molecule has 0 fully saturated rings. The molecule has 27 heavy (non-hydrogen) atoms. The lowest BCUT2D eigenvalue weighted by Crippen LogP contribution is -2.38. The standard InChI is InChI=1S/C19H17N3O4S/c1-11(23)21-6-5-14-13(8-21)9-22(18(24)16(14)19(25)26)7-12-3-2-4-15-17(12)27-10-20-15/h2-4,9-10H,5-8H2,1H3,(H,25,26). The molecule has 0 aliphatic carbocycles. The van der Waals surface area contributed by atoms with E-state index in [1.807, 2.05) is 18.2 Å². The van der Waals surface area contributed by atoms with Gasteiger partial charge in [-0.05, 0) is 29.2 Å². The van der Waals surface area contributed by atoms with E-state index in [2.05, 4.69) is 4.98 Å². The highest BCUT2D eigenvalue weighted by Crippen LogP contribution is 2.24. The number of hydrogen-bond acceptors (Lipinski definition) is 5. The van der Waals surface area contributed by atoms with Crippen LogP contribution < -0.4 is 5.56 Å². The Morgan fingerprint density at radius 2 is 2.15 bits per heavy atom. The second-order valence-electron chi connectivity index (χ2n) is 6.55. The van der Waals surface area contributed by atoms with Gasteiger partial charge >= 0.3 is 5.97 Å². The number of thiazole rings is 1. The summed E-state index contributed by atoms with van der Waals surface area (Å²) >= 11 is 1.49. The summed E-state index contributed by atoms with van der Waals surface area (Å²) in [6, 6.07) is 5.68. The Kier molecular flexibility index (Phi) is 4.27. The Morgan fingerprint density at radius 1 is 1.33 bits per heavy atom. The lowest BCUT2D eigenvalue weighted by Gasteiger charge is -2.29. The molecule has 2 aromatic heterocycles. The van der Waals surface area contributed by atoms with Gasteiger partial charge in [0.15, 0.2) is 0 Å². The van der Waals surface area contributed by atoms with Gasteiger partial charge in [0.05, 0.1) is 22.3 Å². The van der Waals surface area contributed by atoms with Crippen molar-refractivity contribution in [1.29, 1.82) is 0 Å². The van der Waals surface area contributed by atoms with Gasteiger partial charge < -0.3 is 14.6 Å². The topological polar surface area (TPSA) is 92.5 Å². The molecular weight excluding hydrogens is 366 g/mol. The van der Waals surface area contributed by atoms with Crippen LogP contribution in [0.25, 0.3) is 10.2 Å². The van der Waals surface area contributed by atoms with Crippen LogP contribution in [0.4, 0.5) is 0 Å². The number of carbonyl (C=O) groups is 2. The second kappa shape index (κ2) is 6.62. The minimum absolute atomic E-state index is 0.0651. The Labute approximate surface area is 158 Å². The molecule has 3 heterocycles. The van der Waals surface area contributed by atoms with E-state index in [1.54, 1.807) is 16.6 Å². The van der Waals surface area contributed by atoms with Crippen molar-refractivity contribution in [1.82, 2.24) is 14.5 Å². The van der Waals surface area contributed by atoms with Gasteiger partial charge in [0.25, 0.3) is 5.56 Å².